The van der Waals surface area contributed by atoms with Gasteiger partial charge in [0.15, 0.2) is 0 Å². The third-order valence-corrected chi connectivity index (χ3v) is 4.66. The van der Waals surface area contributed by atoms with Gasteiger partial charge in [-0.05, 0) is 48.9 Å². The molecule has 0 amide bonds. The van der Waals surface area contributed by atoms with Crippen molar-refractivity contribution in [3.63, 3.8) is 0 Å². The van der Waals surface area contributed by atoms with E-state index in [1.165, 1.54) is 25.7 Å². The van der Waals surface area contributed by atoms with E-state index in [0.29, 0.717) is 17.8 Å². The minimum Gasteiger partial charge on any atom is -0.396 e. The van der Waals surface area contributed by atoms with Gasteiger partial charge in [-0.15, -0.1) is 0 Å². The zero-order valence-electron chi connectivity index (χ0n) is 8.37. The molecule has 0 heterocycles. The van der Waals surface area contributed by atoms with Crippen molar-refractivity contribution in [1.82, 2.24) is 0 Å². The number of fused-ring (bicyclic) bond motifs is 3. The summed E-state index contributed by atoms with van der Waals surface area (Å²) in [5.74, 6) is 1.68. The Kier molecular flexibility index (Phi) is 2.37. The van der Waals surface area contributed by atoms with Gasteiger partial charge in [0.2, 0.25) is 0 Å². The van der Waals surface area contributed by atoms with Crippen LogP contribution in [0, 0.1) is 23.2 Å². The molecule has 3 saturated carbocycles. The number of aliphatic hydroxyl groups is 2. The Morgan fingerprint density at radius 2 is 1.77 bits per heavy atom. The second-order valence-electron chi connectivity index (χ2n) is 5.06. The molecule has 3 aliphatic carbocycles. The van der Waals surface area contributed by atoms with Crippen molar-refractivity contribution < 1.29 is 10.2 Å². The van der Waals surface area contributed by atoms with Gasteiger partial charge in [0, 0.05) is 13.2 Å². The van der Waals surface area contributed by atoms with Gasteiger partial charge in [-0.25, -0.2) is 0 Å². The molecule has 2 heteroatoms. The molecule has 2 bridgehead atoms. The van der Waals surface area contributed by atoms with Gasteiger partial charge < -0.3 is 10.2 Å². The molecule has 0 saturated heterocycles. The summed E-state index contributed by atoms with van der Waals surface area (Å²) in [5, 5.41) is 18.8. The molecule has 3 fully saturated rings. The van der Waals surface area contributed by atoms with Crippen molar-refractivity contribution in [3.05, 3.63) is 0 Å². The van der Waals surface area contributed by atoms with Crippen LogP contribution in [0.25, 0.3) is 0 Å². The first-order chi connectivity index (χ1) is 6.22. The minimum absolute atomic E-state index is 0.00984. The molecular formula is C11H20O2. The Hall–Kier alpha value is -0.0800. The smallest absolute Gasteiger partial charge is 0.0491 e. The fourth-order valence-electron chi connectivity index (χ4n) is 3.63. The van der Waals surface area contributed by atoms with Crippen molar-refractivity contribution >= 4 is 0 Å². The lowest BCUT2D eigenvalue weighted by Crippen LogP contribution is -2.51. The summed E-state index contributed by atoms with van der Waals surface area (Å²) in [4.78, 5) is 0. The van der Waals surface area contributed by atoms with E-state index in [-0.39, 0.29) is 18.6 Å². The predicted molar refractivity (Wildman–Crippen MR) is 51.2 cm³/mol. The van der Waals surface area contributed by atoms with Crippen LogP contribution in [-0.4, -0.2) is 23.4 Å². The summed E-state index contributed by atoms with van der Waals surface area (Å²) in [6.45, 7) is 2.67. The number of aliphatic hydroxyl groups excluding tert-OH is 2. The van der Waals surface area contributed by atoms with Gasteiger partial charge in [-0.3, -0.25) is 0 Å². The summed E-state index contributed by atoms with van der Waals surface area (Å²) >= 11 is 0. The van der Waals surface area contributed by atoms with E-state index in [1.54, 1.807) is 0 Å². The summed E-state index contributed by atoms with van der Waals surface area (Å²) in [5.41, 5.74) is 0.00984. The highest BCUT2D eigenvalue weighted by Gasteiger charge is 2.50. The minimum atomic E-state index is 0.00984. The zero-order chi connectivity index (χ0) is 9.47. The normalized spacial score (nSPS) is 49.6. The van der Waals surface area contributed by atoms with E-state index in [9.17, 15) is 10.2 Å². The molecule has 0 spiro atoms. The number of hydrogen-bond donors (Lipinski definition) is 2. The maximum atomic E-state index is 9.46. The SMILES string of the molecule is CC1(CO)C2CCC(CC2)C1CO. The third-order valence-electron chi connectivity index (χ3n) is 4.66. The van der Waals surface area contributed by atoms with Gasteiger partial charge in [-0.2, -0.15) is 0 Å². The highest BCUT2D eigenvalue weighted by molar-refractivity contribution is 4.99. The Balaban J connectivity index is 2.23. The fraction of sp³-hybridized carbons (Fsp3) is 1.00. The average Bonchev–Trinajstić information content (AvgIpc) is 2.19. The van der Waals surface area contributed by atoms with Gasteiger partial charge in [0.1, 0.15) is 0 Å². The Morgan fingerprint density at radius 1 is 1.15 bits per heavy atom. The van der Waals surface area contributed by atoms with Crippen molar-refractivity contribution in [1.29, 1.82) is 0 Å². The van der Waals surface area contributed by atoms with Gasteiger partial charge in [-0.1, -0.05) is 6.92 Å². The zero-order valence-corrected chi connectivity index (χ0v) is 8.37. The maximum Gasteiger partial charge on any atom is 0.0491 e. The Bertz CT molecular complexity index is 185. The van der Waals surface area contributed by atoms with E-state index in [4.69, 9.17) is 0 Å². The molecule has 0 aromatic carbocycles. The molecule has 2 N–H and O–H groups in total. The predicted octanol–water partition coefficient (Wildman–Crippen LogP) is 1.41. The van der Waals surface area contributed by atoms with E-state index in [1.807, 2.05) is 0 Å². The lowest BCUT2D eigenvalue weighted by Gasteiger charge is -2.54. The average molecular weight is 184 g/mol. The van der Waals surface area contributed by atoms with Crippen LogP contribution in [0.2, 0.25) is 0 Å². The summed E-state index contributed by atoms with van der Waals surface area (Å²) < 4.78 is 0. The molecule has 0 aromatic heterocycles. The number of hydrogen-bond acceptors (Lipinski definition) is 2. The van der Waals surface area contributed by atoms with Gasteiger partial charge in [0.05, 0.1) is 0 Å². The fourth-order valence-corrected chi connectivity index (χ4v) is 3.63. The first kappa shape index (κ1) is 9.47. The molecule has 0 aliphatic heterocycles. The Labute approximate surface area is 80.0 Å². The summed E-state index contributed by atoms with van der Waals surface area (Å²) in [7, 11) is 0. The monoisotopic (exact) mass is 184 g/mol. The first-order valence-electron chi connectivity index (χ1n) is 5.44. The van der Waals surface area contributed by atoms with E-state index in [2.05, 4.69) is 6.92 Å². The summed E-state index contributed by atoms with van der Waals surface area (Å²) in [6.07, 6.45) is 5.06. The molecule has 76 valence electrons. The van der Waals surface area contributed by atoms with Crippen LogP contribution >= 0.6 is 0 Å². The van der Waals surface area contributed by atoms with Crippen LogP contribution in [0.5, 0.6) is 0 Å². The summed E-state index contributed by atoms with van der Waals surface area (Å²) in [6, 6.07) is 0. The molecule has 3 aliphatic rings. The molecule has 13 heavy (non-hydrogen) atoms. The largest absolute Gasteiger partial charge is 0.396 e. The van der Waals surface area contributed by atoms with Gasteiger partial charge in [0.25, 0.3) is 0 Å². The van der Waals surface area contributed by atoms with Crippen LogP contribution in [0.3, 0.4) is 0 Å². The molecule has 3 rings (SSSR count). The molecule has 2 unspecified atom stereocenters. The van der Waals surface area contributed by atoms with Crippen molar-refractivity contribution in [3.8, 4) is 0 Å². The van der Waals surface area contributed by atoms with E-state index >= 15 is 0 Å². The van der Waals surface area contributed by atoms with E-state index in [0.717, 1.165) is 0 Å². The highest BCUT2D eigenvalue weighted by atomic mass is 16.3. The third kappa shape index (κ3) is 1.23. The standard InChI is InChI=1S/C11H20O2/c1-11(7-13)9-4-2-8(3-5-9)10(11)6-12/h8-10,12-13H,2-7H2,1H3. The van der Waals surface area contributed by atoms with Crippen LogP contribution < -0.4 is 0 Å². The second-order valence-corrected chi connectivity index (χ2v) is 5.06. The maximum absolute atomic E-state index is 9.46. The highest BCUT2D eigenvalue weighted by Crippen LogP contribution is 2.55. The first-order valence-corrected chi connectivity index (χ1v) is 5.44. The topological polar surface area (TPSA) is 40.5 Å². The molecule has 2 atom stereocenters. The second kappa shape index (κ2) is 3.25. The van der Waals surface area contributed by atoms with Crippen LogP contribution in [0.15, 0.2) is 0 Å². The van der Waals surface area contributed by atoms with Crippen LogP contribution in [0.1, 0.15) is 32.6 Å². The van der Waals surface area contributed by atoms with Crippen LogP contribution in [0.4, 0.5) is 0 Å². The molecule has 0 radical (unpaired) electrons. The lowest BCUT2D eigenvalue weighted by molar-refractivity contribution is -0.105. The lowest BCUT2D eigenvalue weighted by atomic mass is 9.51. The Morgan fingerprint density at radius 3 is 2.15 bits per heavy atom. The van der Waals surface area contributed by atoms with Crippen molar-refractivity contribution in [2.75, 3.05) is 13.2 Å². The van der Waals surface area contributed by atoms with Gasteiger partial charge >= 0.3 is 0 Å². The number of rotatable bonds is 2. The molecule has 0 aromatic rings. The molecular weight excluding hydrogens is 164 g/mol. The molecule has 2 nitrogen and oxygen atoms in total. The quantitative estimate of drug-likeness (QED) is 0.681. The van der Waals surface area contributed by atoms with Crippen LogP contribution in [-0.2, 0) is 0 Å². The van der Waals surface area contributed by atoms with Crippen molar-refractivity contribution in [2.45, 2.75) is 32.6 Å². The van der Waals surface area contributed by atoms with E-state index < -0.39 is 0 Å². The van der Waals surface area contributed by atoms with Crippen molar-refractivity contribution in [2.24, 2.45) is 23.2 Å².